The van der Waals surface area contributed by atoms with Gasteiger partial charge in [0.15, 0.2) is 0 Å². The Labute approximate surface area is 195 Å². The maximum absolute atomic E-state index is 9.29. The summed E-state index contributed by atoms with van der Waals surface area (Å²) in [7, 11) is -3.93. The molecule has 0 unspecified atom stereocenters. The Hall–Kier alpha value is 0.347. The molecule has 0 amide bonds. The topological polar surface area (TPSA) is 86.7 Å². The highest BCUT2D eigenvalue weighted by atomic mass is 35.5. The van der Waals surface area contributed by atoms with Gasteiger partial charge in [-0.1, -0.05) is 117 Å². The van der Waals surface area contributed by atoms with E-state index in [9.17, 15) is 14.4 Å². The molecule has 0 aromatic heterocycles. The van der Waals surface area contributed by atoms with Crippen molar-refractivity contribution in [2.24, 2.45) is 5.73 Å². The van der Waals surface area contributed by atoms with Crippen LogP contribution < -0.4 is 5.73 Å². The van der Waals surface area contributed by atoms with Crippen LogP contribution in [0.25, 0.3) is 0 Å². The van der Waals surface area contributed by atoms with Crippen LogP contribution in [0.2, 0.25) is 6.04 Å². The summed E-state index contributed by atoms with van der Waals surface area (Å²) in [4.78, 5) is 27.9. The first-order chi connectivity index (χ1) is 13.8. The van der Waals surface area contributed by atoms with Crippen molar-refractivity contribution in [3.05, 3.63) is 0 Å². The third-order valence-electron chi connectivity index (χ3n) is 6.24. The van der Waals surface area contributed by atoms with Crippen molar-refractivity contribution in [1.29, 1.82) is 0 Å². The van der Waals surface area contributed by atoms with Gasteiger partial charge in [-0.05, 0) is 25.7 Å². The normalized spacial score (nSPS) is 12.2. The van der Waals surface area contributed by atoms with Gasteiger partial charge >= 0.3 is 8.80 Å². The molecule has 0 aliphatic rings. The fraction of sp³-hybridized carbons (Fsp3) is 1.00. The van der Waals surface area contributed by atoms with E-state index in [0.717, 1.165) is 19.3 Å². The van der Waals surface area contributed by atoms with E-state index >= 15 is 0 Å². The summed E-state index contributed by atoms with van der Waals surface area (Å²) < 4.78 is 0. The lowest BCUT2D eigenvalue weighted by Gasteiger charge is -2.30. The van der Waals surface area contributed by atoms with Crippen LogP contribution in [0.3, 0.4) is 0 Å². The Morgan fingerprint density at radius 1 is 0.533 bits per heavy atom. The molecule has 0 bridgehead atoms. The third-order valence-corrected chi connectivity index (χ3v) is 7.27. The number of halogens is 1. The zero-order valence-electron chi connectivity index (χ0n) is 20.2. The maximum atomic E-state index is 9.29. The van der Waals surface area contributed by atoms with Crippen molar-refractivity contribution in [2.75, 3.05) is 0 Å². The van der Waals surface area contributed by atoms with Crippen LogP contribution in [0.1, 0.15) is 142 Å². The van der Waals surface area contributed by atoms with Crippen LogP contribution in [0, 0.1) is 0 Å². The lowest BCUT2D eigenvalue weighted by molar-refractivity contribution is 0.221. The highest BCUT2D eigenvalue weighted by molar-refractivity contribution is 6.56. The Morgan fingerprint density at radius 2 is 0.833 bits per heavy atom. The quantitative estimate of drug-likeness (QED) is 0.103. The molecule has 0 aliphatic heterocycles. The summed E-state index contributed by atoms with van der Waals surface area (Å²) >= 11 is 0. The monoisotopic (exact) mass is 467 g/mol. The minimum atomic E-state index is -3.93. The molecule has 5 N–H and O–H groups in total. The maximum Gasteiger partial charge on any atom is 0.492 e. The van der Waals surface area contributed by atoms with E-state index in [1.165, 1.54) is 103 Å². The van der Waals surface area contributed by atoms with Gasteiger partial charge in [0.1, 0.15) is 0 Å². The molecule has 0 saturated carbocycles. The first-order valence-electron chi connectivity index (χ1n) is 12.8. The van der Waals surface area contributed by atoms with Gasteiger partial charge < -0.3 is 20.1 Å². The summed E-state index contributed by atoms with van der Waals surface area (Å²) in [6, 6.07) is 0.112. The Bertz CT molecular complexity index is 334. The number of nitrogens with two attached hydrogens (primary N) is 1. The van der Waals surface area contributed by atoms with Gasteiger partial charge in [-0.3, -0.25) is 0 Å². The fourth-order valence-electron chi connectivity index (χ4n) is 4.27. The van der Waals surface area contributed by atoms with Crippen molar-refractivity contribution in [3.63, 3.8) is 0 Å². The zero-order chi connectivity index (χ0) is 21.8. The predicted molar refractivity (Wildman–Crippen MR) is 135 cm³/mol. The highest BCUT2D eigenvalue weighted by Gasteiger charge is 2.29. The third kappa shape index (κ3) is 23.0. The van der Waals surface area contributed by atoms with Gasteiger partial charge in [-0.15, -0.1) is 12.4 Å². The van der Waals surface area contributed by atoms with Crippen molar-refractivity contribution < 1.29 is 14.4 Å². The molecule has 0 aromatic carbocycles. The summed E-state index contributed by atoms with van der Waals surface area (Å²) in [5.41, 5.74) is 6.55. The van der Waals surface area contributed by atoms with Crippen molar-refractivity contribution >= 4 is 21.2 Å². The molecule has 30 heavy (non-hydrogen) atoms. The molecule has 0 aromatic rings. The Morgan fingerprint density at radius 3 is 1.17 bits per heavy atom. The minimum absolute atomic E-state index is 0. The molecule has 0 saturated heterocycles. The zero-order valence-corrected chi connectivity index (χ0v) is 22.0. The van der Waals surface area contributed by atoms with Crippen LogP contribution in [0.4, 0.5) is 0 Å². The SMILES string of the molecule is CCCCCCCCCCC(N)(CCCCCCCCCC)CCC[Si](O)(O)O.Cl. The lowest BCUT2D eigenvalue weighted by Crippen LogP contribution is -2.41. The Kier molecular flexibility index (Phi) is 23.0. The lowest BCUT2D eigenvalue weighted by atomic mass is 9.83. The van der Waals surface area contributed by atoms with Crippen molar-refractivity contribution in [1.82, 2.24) is 0 Å². The fourth-order valence-corrected chi connectivity index (χ4v) is 4.93. The van der Waals surface area contributed by atoms with E-state index in [2.05, 4.69) is 13.8 Å². The molecule has 0 aliphatic carbocycles. The van der Waals surface area contributed by atoms with Gasteiger partial charge in [-0.25, -0.2) is 0 Å². The van der Waals surface area contributed by atoms with Crippen molar-refractivity contribution in [2.45, 2.75) is 154 Å². The molecule has 0 heterocycles. The Balaban J connectivity index is 0. The van der Waals surface area contributed by atoms with E-state index in [0.29, 0.717) is 6.42 Å². The number of hydrogen-bond acceptors (Lipinski definition) is 4. The minimum Gasteiger partial charge on any atom is -0.390 e. The molecular formula is C24H54ClNO3Si. The van der Waals surface area contributed by atoms with E-state index < -0.39 is 8.80 Å². The number of hydrogen-bond donors (Lipinski definition) is 4. The summed E-state index contributed by atoms with van der Waals surface area (Å²) in [6.45, 7) is 4.51. The summed E-state index contributed by atoms with van der Waals surface area (Å²) in [5.74, 6) is 0. The van der Waals surface area contributed by atoms with E-state index in [-0.39, 0.29) is 24.0 Å². The van der Waals surface area contributed by atoms with Crippen LogP contribution in [0.15, 0.2) is 0 Å². The van der Waals surface area contributed by atoms with Crippen molar-refractivity contribution in [3.8, 4) is 0 Å². The standard InChI is InChI=1S/C24H53NO3Si.ClH/c1-3-5-7-9-11-13-15-17-20-24(25,22-19-23-29(26,27)28)21-18-16-14-12-10-8-6-4-2;/h26-28H,3-23,25H2,1-2H3;1H. The van der Waals surface area contributed by atoms with Gasteiger partial charge in [-0.2, -0.15) is 0 Å². The average molecular weight is 468 g/mol. The molecule has 0 atom stereocenters. The van der Waals surface area contributed by atoms with Crippen LogP contribution >= 0.6 is 12.4 Å². The first-order valence-corrected chi connectivity index (χ1v) is 14.8. The van der Waals surface area contributed by atoms with E-state index in [1.807, 2.05) is 0 Å². The van der Waals surface area contributed by atoms with Crippen LogP contribution in [-0.2, 0) is 0 Å². The first kappa shape index (κ1) is 32.5. The van der Waals surface area contributed by atoms with Crippen LogP contribution in [-0.4, -0.2) is 28.7 Å². The molecule has 4 nitrogen and oxygen atoms in total. The van der Waals surface area contributed by atoms with Crippen LogP contribution in [0.5, 0.6) is 0 Å². The van der Waals surface area contributed by atoms with Gasteiger partial charge in [0.25, 0.3) is 0 Å². The molecule has 6 heteroatoms. The van der Waals surface area contributed by atoms with E-state index in [4.69, 9.17) is 5.73 Å². The smallest absolute Gasteiger partial charge is 0.390 e. The molecule has 184 valence electrons. The summed E-state index contributed by atoms with van der Waals surface area (Å²) in [6.07, 6.45) is 24.3. The molecule has 0 fully saturated rings. The average Bonchev–Trinajstić information content (AvgIpc) is 2.65. The van der Waals surface area contributed by atoms with E-state index in [1.54, 1.807) is 0 Å². The molecule has 0 rings (SSSR count). The molecule has 0 radical (unpaired) electrons. The highest BCUT2D eigenvalue weighted by Crippen LogP contribution is 2.27. The predicted octanol–water partition coefficient (Wildman–Crippen LogP) is 6.86. The van der Waals surface area contributed by atoms with Gasteiger partial charge in [0.05, 0.1) is 0 Å². The second kappa shape index (κ2) is 21.2. The number of rotatable bonds is 22. The summed E-state index contributed by atoms with van der Waals surface area (Å²) in [5, 5.41) is 0. The van der Waals surface area contributed by atoms with Gasteiger partial charge in [0, 0.05) is 11.6 Å². The second-order valence-electron chi connectivity index (χ2n) is 9.44. The molecular weight excluding hydrogens is 414 g/mol. The number of unbranched alkanes of at least 4 members (excludes halogenated alkanes) is 14. The largest absolute Gasteiger partial charge is 0.492 e. The second-order valence-corrected chi connectivity index (χ2v) is 11.5. The molecule has 0 spiro atoms. The van der Waals surface area contributed by atoms with Gasteiger partial charge in [0.2, 0.25) is 0 Å².